The Balaban J connectivity index is 1.63. The molecule has 1 aromatic carbocycles. The average Bonchev–Trinajstić information content (AvgIpc) is 3.38. The lowest BCUT2D eigenvalue weighted by atomic mass is 9.72. The number of piperazine rings is 1. The number of hydrogen-bond donors (Lipinski definition) is 1. The van der Waals surface area contributed by atoms with E-state index < -0.39 is 11.7 Å². The lowest BCUT2D eigenvalue weighted by Crippen LogP contribution is -2.65. The molecule has 9 heteroatoms. The smallest absolute Gasteiger partial charge is 0.418 e. The summed E-state index contributed by atoms with van der Waals surface area (Å²) in [6, 6.07) is 3.02. The molecule has 2 atom stereocenters. The van der Waals surface area contributed by atoms with Gasteiger partial charge in [0.25, 0.3) is 6.01 Å². The fraction of sp³-hybridized carbons (Fsp3) is 0.524. The molecule has 3 aromatic rings. The summed E-state index contributed by atoms with van der Waals surface area (Å²) in [5.41, 5.74) is -0.379. The zero-order valence-electron chi connectivity index (χ0n) is 17.0. The third-order valence-corrected chi connectivity index (χ3v) is 7.31. The lowest BCUT2D eigenvalue weighted by Gasteiger charge is -2.48. The molecule has 2 aliphatic heterocycles. The van der Waals surface area contributed by atoms with Crippen LogP contribution in [0.2, 0.25) is 0 Å². The second-order valence-electron chi connectivity index (χ2n) is 9.26. The highest BCUT2D eigenvalue weighted by molar-refractivity contribution is 7.13. The number of hydrogen-bond acceptors (Lipinski definition) is 6. The molecule has 0 spiro atoms. The zero-order valence-corrected chi connectivity index (χ0v) is 17.8. The first kappa shape index (κ1) is 19.8. The number of halogens is 3. The van der Waals surface area contributed by atoms with Gasteiger partial charge in [0.05, 0.1) is 11.1 Å². The summed E-state index contributed by atoms with van der Waals surface area (Å²) in [6.45, 7) is 7.90. The minimum absolute atomic E-state index is 0.00435. The van der Waals surface area contributed by atoms with E-state index in [1.54, 1.807) is 11.6 Å². The van der Waals surface area contributed by atoms with Crippen molar-refractivity contribution < 1.29 is 17.6 Å². The maximum Gasteiger partial charge on any atom is 0.418 e. The third kappa shape index (κ3) is 3.01. The highest BCUT2D eigenvalue weighted by Gasteiger charge is 2.52. The Hall–Kier alpha value is -2.13. The summed E-state index contributed by atoms with van der Waals surface area (Å²) < 4.78 is 47.1. The van der Waals surface area contributed by atoms with Crippen molar-refractivity contribution in [1.82, 2.24) is 15.3 Å². The van der Waals surface area contributed by atoms with E-state index in [2.05, 4.69) is 36.1 Å². The van der Waals surface area contributed by atoms with Gasteiger partial charge in [0, 0.05) is 36.2 Å². The van der Waals surface area contributed by atoms with Gasteiger partial charge in [-0.05, 0) is 30.4 Å². The number of nitrogens with one attached hydrogen (secondary N) is 1. The molecule has 0 radical (unpaired) electrons. The minimum Gasteiger partial charge on any atom is -0.423 e. The quantitative estimate of drug-likeness (QED) is 0.589. The molecule has 30 heavy (non-hydrogen) atoms. The van der Waals surface area contributed by atoms with Crippen LogP contribution >= 0.6 is 11.3 Å². The second kappa shape index (κ2) is 6.43. The second-order valence-corrected chi connectivity index (χ2v) is 10.2. The molecule has 2 unspecified atom stereocenters. The lowest BCUT2D eigenvalue weighted by molar-refractivity contribution is -0.136. The Morgan fingerprint density at radius 1 is 1.27 bits per heavy atom. The molecular weight excluding hydrogens is 413 g/mol. The number of oxazole rings is 1. The van der Waals surface area contributed by atoms with E-state index in [9.17, 15) is 13.2 Å². The number of anilines is 1. The number of fused-ring (bicyclic) bond motifs is 3. The zero-order chi connectivity index (χ0) is 21.3. The van der Waals surface area contributed by atoms with Gasteiger partial charge in [-0.25, -0.2) is 4.98 Å². The number of alkyl halides is 3. The van der Waals surface area contributed by atoms with Crippen LogP contribution in [0.1, 0.15) is 39.2 Å². The fourth-order valence-electron chi connectivity index (χ4n) is 4.73. The molecule has 2 aliphatic rings. The summed E-state index contributed by atoms with van der Waals surface area (Å²) in [4.78, 5) is 10.6. The van der Waals surface area contributed by atoms with Gasteiger partial charge in [-0.15, -0.1) is 11.3 Å². The first-order chi connectivity index (χ1) is 14.1. The SMILES string of the molecule is CC(C)(C)C12CCC(CN(c3nc4c(C(F)(F)F)ccc(-c5nccs5)c4o3)C1)N2. The van der Waals surface area contributed by atoms with Crippen LogP contribution in [-0.4, -0.2) is 34.6 Å². The first-order valence-corrected chi connectivity index (χ1v) is 10.9. The van der Waals surface area contributed by atoms with Crippen molar-refractivity contribution in [3.8, 4) is 10.6 Å². The van der Waals surface area contributed by atoms with Crippen LogP contribution in [0.5, 0.6) is 0 Å². The minimum atomic E-state index is -4.51. The normalized spacial score (nSPS) is 24.7. The van der Waals surface area contributed by atoms with Crippen LogP contribution in [0.3, 0.4) is 0 Å². The predicted octanol–water partition coefficient (Wildman–Crippen LogP) is 5.33. The molecule has 2 bridgehead atoms. The summed E-state index contributed by atoms with van der Waals surface area (Å²) in [5, 5.41) is 6.15. The van der Waals surface area contributed by atoms with Gasteiger partial charge < -0.3 is 14.6 Å². The Morgan fingerprint density at radius 2 is 2.07 bits per heavy atom. The molecular formula is C21H23F3N4OS. The Kier molecular flexibility index (Phi) is 4.25. The van der Waals surface area contributed by atoms with E-state index >= 15 is 0 Å². The van der Waals surface area contributed by atoms with Crippen LogP contribution < -0.4 is 10.2 Å². The highest BCUT2D eigenvalue weighted by atomic mass is 32.1. The average molecular weight is 437 g/mol. The third-order valence-electron chi connectivity index (χ3n) is 6.51. The van der Waals surface area contributed by atoms with Gasteiger partial charge in [-0.2, -0.15) is 18.2 Å². The number of nitrogens with zero attached hydrogens (tertiary/aromatic N) is 3. The van der Waals surface area contributed by atoms with E-state index in [0.717, 1.165) is 18.9 Å². The molecule has 2 aromatic heterocycles. The van der Waals surface area contributed by atoms with Gasteiger partial charge in [0.15, 0.2) is 5.58 Å². The Bertz CT molecular complexity index is 1090. The van der Waals surface area contributed by atoms with E-state index in [-0.39, 0.29) is 34.1 Å². The van der Waals surface area contributed by atoms with Crippen molar-refractivity contribution in [2.24, 2.45) is 5.41 Å². The van der Waals surface area contributed by atoms with E-state index in [0.29, 0.717) is 23.7 Å². The monoisotopic (exact) mass is 436 g/mol. The molecule has 2 fully saturated rings. The van der Waals surface area contributed by atoms with Crippen molar-refractivity contribution in [1.29, 1.82) is 0 Å². The van der Waals surface area contributed by atoms with Gasteiger partial charge in [-0.3, -0.25) is 0 Å². The summed E-state index contributed by atoms with van der Waals surface area (Å²) >= 11 is 1.36. The summed E-state index contributed by atoms with van der Waals surface area (Å²) in [5.74, 6) is 0. The Morgan fingerprint density at radius 3 is 2.73 bits per heavy atom. The molecule has 160 valence electrons. The largest absolute Gasteiger partial charge is 0.423 e. The van der Waals surface area contributed by atoms with Crippen molar-refractivity contribution >= 4 is 28.5 Å². The van der Waals surface area contributed by atoms with E-state index in [1.807, 2.05) is 4.90 Å². The van der Waals surface area contributed by atoms with Gasteiger partial charge in [-0.1, -0.05) is 20.8 Å². The molecule has 5 nitrogen and oxygen atoms in total. The molecule has 2 saturated heterocycles. The van der Waals surface area contributed by atoms with Gasteiger partial charge in [0.1, 0.15) is 10.5 Å². The van der Waals surface area contributed by atoms with Crippen LogP contribution in [0.25, 0.3) is 21.7 Å². The van der Waals surface area contributed by atoms with E-state index in [4.69, 9.17) is 4.42 Å². The molecule has 4 heterocycles. The van der Waals surface area contributed by atoms with Crippen LogP contribution in [0, 0.1) is 5.41 Å². The highest BCUT2D eigenvalue weighted by Crippen LogP contribution is 2.45. The standard InChI is InChI=1S/C21H23F3N4OS/c1-19(2,3)20-7-6-12(27-20)10-28(11-20)18-26-15-14(21(22,23)24)5-4-13(16(15)29-18)17-25-8-9-30-17/h4-5,8-9,12,27H,6-7,10-11H2,1-3H3. The van der Waals surface area contributed by atoms with Crippen LogP contribution in [-0.2, 0) is 6.18 Å². The topological polar surface area (TPSA) is 54.2 Å². The van der Waals surface area contributed by atoms with Crippen molar-refractivity contribution in [2.45, 2.75) is 51.4 Å². The first-order valence-electron chi connectivity index (χ1n) is 10.0. The molecule has 5 rings (SSSR count). The van der Waals surface area contributed by atoms with Crippen LogP contribution in [0.15, 0.2) is 28.1 Å². The van der Waals surface area contributed by atoms with Crippen molar-refractivity contribution in [3.63, 3.8) is 0 Å². The number of rotatable bonds is 2. The molecule has 0 aliphatic carbocycles. The van der Waals surface area contributed by atoms with Crippen molar-refractivity contribution in [2.75, 3.05) is 18.0 Å². The van der Waals surface area contributed by atoms with Crippen LogP contribution in [0.4, 0.5) is 19.2 Å². The molecule has 0 amide bonds. The Labute approximate surface area is 176 Å². The molecule has 0 saturated carbocycles. The molecule has 1 N–H and O–H groups in total. The predicted molar refractivity (Wildman–Crippen MR) is 111 cm³/mol. The number of thiazole rings is 1. The van der Waals surface area contributed by atoms with Gasteiger partial charge in [0.2, 0.25) is 0 Å². The fourth-order valence-corrected chi connectivity index (χ4v) is 5.39. The number of aromatic nitrogens is 2. The maximum absolute atomic E-state index is 13.7. The van der Waals surface area contributed by atoms with E-state index in [1.165, 1.54) is 17.4 Å². The maximum atomic E-state index is 13.7. The van der Waals surface area contributed by atoms with Crippen molar-refractivity contribution in [3.05, 3.63) is 29.3 Å². The summed E-state index contributed by atoms with van der Waals surface area (Å²) in [7, 11) is 0. The summed E-state index contributed by atoms with van der Waals surface area (Å²) in [6.07, 6.45) is -0.826. The number of benzene rings is 1. The van der Waals surface area contributed by atoms with Gasteiger partial charge >= 0.3 is 6.18 Å².